The van der Waals surface area contributed by atoms with Crippen molar-refractivity contribution in [3.05, 3.63) is 45.0 Å². The summed E-state index contributed by atoms with van der Waals surface area (Å²) in [5, 5.41) is 1.49. The molecule has 0 radical (unpaired) electrons. The molecule has 0 fully saturated rings. The monoisotopic (exact) mass is 274 g/mol. The average molecular weight is 275 g/mol. The zero-order valence-corrected chi connectivity index (χ0v) is 10.6. The van der Waals surface area contributed by atoms with Gasteiger partial charge in [0.2, 0.25) is 0 Å². The van der Waals surface area contributed by atoms with Crippen molar-refractivity contribution in [1.82, 2.24) is 9.97 Å². The lowest BCUT2D eigenvalue weighted by molar-refractivity contribution is 1.15. The molecule has 0 N–H and O–H groups in total. The summed E-state index contributed by atoms with van der Waals surface area (Å²) in [4.78, 5) is 8.80. The minimum Gasteiger partial charge on any atom is -0.251 e. The van der Waals surface area contributed by atoms with E-state index >= 15 is 0 Å². The Morgan fingerprint density at radius 3 is 2.50 bits per heavy atom. The molecule has 0 spiro atoms. The number of pyridine rings is 2. The highest BCUT2D eigenvalue weighted by Gasteiger charge is 2.03. The number of hydrogen-bond donors (Lipinski definition) is 0. The van der Waals surface area contributed by atoms with Gasteiger partial charge in [0.05, 0.1) is 16.7 Å². The number of aromatic nitrogens is 2. The molecule has 0 amide bonds. The number of rotatable bonds is 1. The van der Waals surface area contributed by atoms with Gasteiger partial charge in [-0.15, -0.1) is 0 Å². The quantitative estimate of drug-likeness (QED) is 0.796. The predicted molar refractivity (Wildman–Crippen MR) is 70.2 cm³/mol. The van der Waals surface area contributed by atoms with Crippen molar-refractivity contribution in [2.75, 3.05) is 0 Å². The van der Waals surface area contributed by atoms with E-state index < -0.39 is 0 Å². The molecule has 0 aromatic carbocycles. The van der Waals surface area contributed by atoms with E-state index in [2.05, 4.69) is 39.1 Å². The molecule has 0 bridgehead atoms. The summed E-state index contributed by atoms with van der Waals surface area (Å²) in [6, 6.07) is 7.77. The Kier molecular flexibility index (Phi) is 2.88. The smallest absolute Gasteiger partial charge is 0.0904 e. The summed E-state index contributed by atoms with van der Waals surface area (Å²) < 4.78 is 0.908. The number of hydrogen-bond acceptors (Lipinski definition) is 2. The lowest BCUT2D eigenvalue weighted by Crippen LogP contribution is -2.26. The number of aryl methyl sites for hydroxylation is 1. The van der Waals surface area contributed by atoms with Crippen molar-refractivity contribution < 1.29 is 0 Å². The Labute approximate surface area is 103 Å². The first-order valence-corrected chi connectivity index (χ1v) is 5.65. The van der Waals surface area contributed by atoms with Gasteiger partial charge in [0.15, 0.2) is 0 Å². The third-order valence-electron chi connectivity index (χ3n) is 2.31. The normalized spacial score (nSPS) is 10.4. The first-order chi connectivity index (χ1) is 7.58. The fraction of sp³-hybridized carbons (Fsp3) is 0.0769. The third kappa shape index (κ3) is 2.04. The fourth-order valence-electron chi connectivity index (χ4n) is 1.41. The van der Waals surface area contributed by atoms with Gasteiger partial charge in [-0.25, -0.2) is 4.98 Å². The van der Waals surface area contributed by atoms with Crippen molar-refractivity contribution in [2.24, 2.45) is 0 Å². The maximum atomic E-state index is 4.42. The minimum atomic E-state index is 0.674. The predicted octanol–water partition coefficient (Wildman–Crippen LogP) is 2.04. The van der Waals surface area contributed by atoms with E-state index in [0.717, 1.165) is 26.8 Å². The van der Waals surface area contributed by atoms with E-state index in [-0.39, 0.29) is 0 Å². The van der Waals surface area contributed by atoms with Crippen LogP contribution in [0.15, 0.2) is 28.7 Å². The van der Waals surface area contributed by atoms with Gasteiger partial charge in [0.25, 0.3) is 0 Å². The van der Waals surface area contributed by atoms with Crippen LogP contribution in [-0.4, -0.2) is 9.97 Å². The SMILES string of the molecule is C=c1nc(-c2cccc(C)n2)cc(Br)c1=C. The summed E-state index contributed by atoms with van der Waals surface area (Å²) in [5.74, 6) is 0. The second-order valence-corrected chi connectivity index (χ2v) is 4.43. The second-order valence-electron chi connectivity index (χ2n) is 3.58. The molecular weight excluding hydrogens is 264 g/mol. The van der Waals surface area contributed by atoms with E-state index in [1.807, 2.05) is 31.2 Å². The van der Waals surface area contributed by atoms with Crippen LogP contribution in [0.2, 0.25) is 0 Å². The van der Waals surface area contributed by atoms with E-state index in [4.69, 9.17) is 0 Å². The third-order valence-corrected chi connectivity index (χ3v) is 3.01. The molecule has 0 aliphatic carbocycles. The van der Waals surface area contributed by atoms with Crippen LogP contribution >= 0.6 is 15.9 Å². The highest BCUT2D eigenvalue weighted by Crippen LogP contribution is 2.15. The summed E-state index contributed by atoms with van der Waals surface area (Å²) in [6.07, 6.45) is 0. The van der Waals surface area contributed by atoms with E-state index in [1.165, 1.54) is 0 Å². The van der Waals surface area contributed by atoms with Gasteiger partial charge in [-0.2, -0.15) is 0 Å². The number of halogens is 1. The Bertz CT molecular complexity index is 635. The topological polar surface area (TPSA) is 25.8 Å². The Morgan fingerprint density at radius 1 is 1.12 bits per heavy atom. The molecule has 2 heterocycles. The first kappa shape index (κ1) is 11.0. The molecule has 80 valence electrons. The van der Waals surface area contributed by atoms with Crippen LogP contribution < -0.4 is 10.6 Å². The molecular formula is C13H11BrN2. The Morgan fingerprint density at radius 2 is 1.88 bits per heavy atom. The zero-order valence-electron chi connectivity index (χ0n) is 9.00. The molecule has 3 heteroatoms. The molecule has 2 aromatic rings. The number of nitrogens with zero attached hydrogens (tertiary/aromatic N) is 2. The van der Waals surface area contributed by atoms with Crippen LogP contribution in [0.5, 0.6) is 0 Å². The maximum Gasteiger partial charge on any atom is 0.0904 e. The average Bonchev–Trinajstić information content (AvgIpc) is 2.25. The maximum absolute atomic E-state index is 4.42. The largest absolute Gasteiger partial charge is 0.251 e. The van der Waals surface area contributed by atoms with E-state index in [9.17, 15) is 0 Å². The van der Waals surface area contributed by atoms with Crippen molar-refractivity contribution in [3.8, 4) is 11.4 Å². The van der Waals surface area contributed by atoms with Gasteiger partial charge < -0.3 is 0 Å². The Hall–Kier alpha value is -1.48. The van der Waals surface area contributed by atoms with Crippen LogP contribution in [-0.2, 0) is 0 Å². The van der Waals surface area contributed by atoms with Gasteiger partial charge in [-0.05, 0) is 25.1 Å². The molecule has 0 aliphatic heterocycles. The highest BCUT2D eigenvalue weighted by molar-refractivity contribution is 9.10. The van der Waals surface area contributed by atoms with Gasteiger partial charge in [-0.1, -0.05) is 35.2 Å². The molecule has 2 nitrogen and oxygen atoms in total. The van der Waals surface area contributed by atoms with Crippen molar-refractivity contribution in [1.29, 1.82) is 0 Å². The van der Waals surface area contributed by atoms with Crippen LogP contribution in [0.4, 0.5) is 0 Å². The zero-order chi connectivity index (χ0) is 11.7. The van der Waals surface area contributed by atoms with Gasteiger partial charge >= 0.3 is 0 Å². The molecule has 0 aliphatic rings. The molecule has 0 saturated heterocycles. The van der Waals surface area contributed by atoms with Gasteiger partial charge in [0, 0.05) is 15.4 Å². The first-order valence-electron chi connectivity index (χ1n) is 4.86. The standard InChI is InChI=1S/C13H11BrN2/c1-8-5-4-6-12(15-8)13-7-11(14)9(2)10(3)16-13/h4-7H,2-3H2,1H3. The van der Waals surface area contributed by atoms with Gasteiger partial charge in [0.1, 0.15) is 0 Å². The summed E-state index contributed by atoms with van der Waals surface area (Å²) >= 11 is 3.44. The summed E-state index contributed by atoms with van der Waals surface area (Å²) in [7, 11) is 0. The fourth-order valence-corrected chi connectivity index (χ4v) is 1.85. The van der Waals surface area contributed by atoms with E-state index in [1.54, 1.807) is 0 Å². The van der Waals surface area contributed by atoms with Gasteiger partial charge in [-0.3, -0.25) is 4.98 Å². The Balaban J connectivity index is 2.66. The molecule has 2 rings (SSSR count). The second kappa shape index (κ2) is 4.18. The van der Waals surface area contributed by atoms with Crippen LogP contribution in [0.25, 0.3) is 24.5 Å². The molecule has 16 heavy (non-hydrogen) atoms. The molecule has 2 aromatic heterocycles. The molecule has 0 unspecified atom stereocenters. The van der Waals surface area contributed by atoms with Crippen LogP contribution in [0.3, 0.4) is 0 Å². The molecule has 0 saturated carbocycles. The van der Waals surface area contributed by atoms with Crippen LogP contribution in [0.1, 0.15) is 5.69 Å². The van der Waals surface area contributed by atoms with Crippen molar-refractivity contribution in [3.63, 3.8) is 0 Å². The van der Waals surface area contributed by atoms with E-state index in [0.29, 0.717) is 5.35 Å². The van der Waals surface area contributed by atoms with Crippen molar-refractivity contribution in [2.45, 2.75) is 6.92 Å². The van der Waals surface area contributed by atoms with Crippen LogP contribution in [0, 0.1) is 6.92 Å². The lowest BCUT2D eigenvalue weighted by Gasteiger charge is -2.02. The minimum absolute atomic E-state index is 0.674. The van der Waals surface area contributed by atoms with Crippen molar-refractivity contribution >= 4 is 29.1 Å². The highest BCUT2D eigenvalue weighted by atomic mass is 79.9. The summed E-state index contributed by atoms with van der Waals surface area (Å²) in [5.41, 5.74) is 2.64. The summed E-state index contributed by atoms with van der Waals surface area (Å²) in [6.45, 7) is 9.70. The molecule has 0 atom stereocenters. The lowest BCUT2D eigenvalue weighted by atomic mass is 10.2.